The van der Waals surface area contributed by atoms with Gasteiger partial charge < -0.3 is 4.57 Å². The van der Waals surface area contributed by atoms with Crippen molar-refractivity contribution in [3.8, 4) is 0 Å². The van der Waals surface area contributed by atoms with Crippen molar-refractivity contribution in [3.63, 3.8) is 0 Å². The lowest BCUT2D eigenvalue weighted by Crippen LogP contribution is -2.27. The lowest BCUT2D eigenvalue weighted by molar-refractivity contribution is -0.384. The number of nitrogens with zero attached hydrogens (tertiary/aromatic N) is 3. The Balaban J connectivity index is 1.52. The maximum absolute atomic E-state index is 14.3. The summed E-state index contributed by atoms with van der Waals surface area (Å²) in [7, 11) is 0. The van der Waals surface area contributed by atoms with Crippen molar-refractivity contribution in [1.29, 1.82) is 0 Å². The number of rotatable bonds is 5. The molecule has 3 aromatic carbocycles. The second-order valence-corrected chi connectivity index (χ2v) is 9.29. The number of fused-ring (bicyclic) bond motifs is 1. The van der Waals surface area contributed by atoms with Crippen LogP contribution in [0.1, 0.15) is 11.1 Å². The van der Waals surface area contributed by atoms with Crippen molar-refractivity contribution < 1.29 is 14.1 Å². The standard InChI is InChI=1S/C25H16FN3O3S2/c26-21-10-3-1-6-16(21)14-27-15-17(20-9-2-4-11-22(20)27)12-23-24(30)28(25(33)34-23)18-7-5-8-19(13-18)29(31)32/h1-13,15H,14H2/b23-12+. The highest BCUT2D eigenvalue weighted by Gasteiger charge is 2.34. The number of para-hydroxylation sites is 1. The van der Waals surface area contributed by atoms with E-state index in [2.05, 4.69) is 0 Å². The first-order valence-corrected chi connectivity index (χ1v) is 11.5. The fraction of sp³-hybridized carbons (Fsp3) is 0.0400. The molecule has 0 spiro atoms. The van der Waals surface area contributed by atoms with E-state index in [1.54, 1.807) is 30.3 Å². The molecule has 0 bridgehead atoms. The van der Waals surface area contributed by atoms with Crippen LogP contribution in [0.4, 0.5) is 15.8 Å². The van der Waals surface area contributed by atoms with Crippen molar-refractivity contribution in [2.24, 2.45) is 0 Å². The highest BCUT2D eigenvalue weighted by molar-refractivity contribution is 8.27. The van der Waals surface area contributed by atoms with Crippen LogP contribution in [0.25, 0.3) is 17.0 Å². The van der Waals surface area contributed by atoms with E-state index in [0.717, 1.165) is 28.2 Å². The average Bonchev–Trinajstić information content (AvgIpc) is 3.31. The monoisotopic (exact) mass is 489 g/mol. The Kier molecular flexibility index (Phi) is 5.72. The maximum atomic E-state index is 14.3. The van der Waals surface area contributed by atoms with Crippen LogP contribution in [0.15, 0.2) is 83.9 Å². The third-order valence-electron chi connectivity index (χ3n) is 5.50. The van der Waals surface area contributed by atoms with Crippen LogP contribution >= 0.6 is 24.0 Å². The first-order valence-electron chi connectivity index (χ1n) is 10.3. The molecule has 0 atom stereocenters. The number of non-ortho nitro benzene ring substituents is 1. The van der Waals surface area contributed by atoms with Crippen molar-refractivity contribution in [1.82, 2.24) is 4.57 Å². The SMILES string of the molecule is O=C1/C(=C\c2cn(Cc3ccccc3F)c3ccccc23)SC(=S)N1c1cccc([N+](=O)[O-])c1. The molecule has 0 radical (unpaired) electrons. The molecule has 5 rings (SSSR count). The van der Waals surface area contributed by atoms with Gasteiger partial charge in [0.15, 0.2) is 4.32 Å². The zero-order valence-electron chi connectivity index (χ0n) is 17.6. The van der Waals surface area contributed by atoms with Crippen LogP contribution in [0.3, 0.4) is 0 Å². The van der Waals surface area contributed by atoms with Gasteiger partial charge in [-0.15, -0.1) is 0 Å². The minimum Gasteiger partial charge on any atom is -0.342 e. The van der Waals surface area contributed by atoms with Gasteiger partial charge in [-0.2, -0.15) is 0 Å². The number of hydrogen-bond acceptors (Lipinski definition) is 5. The summed E-state index contributed by atoms with van der Waals surface area (Å²) in [6, 6.07) is 20.2. The molecule has 1 aromatic heterocycles. The Morgan fingerprint density at radius 1 is 1.06 bits per heavy atom. The Labute approximate surface area is 203 Å². The van der Waals surface area contributed by atoms with Gasteiger partial charge in [0.05, 0.1) is 22.1 Å². The van der Waals surface area contributed by atoms with E-state index >= 15 is 0 Å². The summed E-state index contributed by atoms with van der Waals surface area (Å²) >= 11 is 6.55. The van der Waals surface area contributed by atoms with Gasteiger partial charge in [-0.1, -0.05) is 66.4 Å². The molecule has 1 amide bonds. The number of thiocarbonyl (C=S) groups is 1. The number of nitro groups is 1. The number of thioether (sulfide) groups is 1. The molecule has 0 unspecified atom stereocenters. The summed E-state index contributed by atoms with van der Waals surface area (Å²) in [6.45, 7) is 0.343. The molecule has 0 saturated carbocycles. The van der Waals surface area contributed by atoms with E-state index in [9.17, 15) is 19.3 Å². The Bertz CT molecular complexity index is 1510. The van der Waals surface area contributed by atoms with Crippen LogP contribution in [0, 0.1) is 15.9 Å². The van der Waals surface area contributed by atoms with Crippen molar-refractivity contribution >= 4 is 62.6 Å². The third kappa shape index (κ3) is 4.00. The molecule has 0 aliphatic carbocycles. The molecule has 1 fully saturated rings. The molecule has 34 heavy (non-hydrogen) atoms. The summed E-state index contributed by atoms with van der Waals surface area (Å²) in [5.41, 5.74) is 2.50. The van der Waals surface area contributed by atoms with Crippen LogP contribution in [0.2, 0.25) is 0 Å². The molecule has 0 N–H and O–H groups in total. The predicted octanol–water partition coefficient (Wildman–Crippen LogP) is 6.14. The lowest BCUT2D eigenvalue weighted by atomic mass is 10.1. The zero-order valence-corrected chi connectivity index (χ0v) is 19.2. The summed E-state index contributed by atoms with van der Waals surface area (Å²) in [4.78, 5) is 25.5. The van der Waals surface area contributed by atoms with Crippen LogP contribution in [-0.4, -0.2) is 19.7 Å². The zero-order chi connectivity index (χ0) is 23.8. The Morgan fingerprint density at radius 3 is 2.62 bits per heavy atom. The molecule has 6 nitrogen and oxygen atoms in total. The molecule has 2 heterocycles. The Hall–Kier alpha value is -3.82. The van der Waals surface area contributed by atoms with E-state index in [1.165, 1.54) is 29.2 Å². The number of anilines is 1. The topological polar surface area (TPSA) is 68.4 Å². The van der Waals surface area contributed by atoms with E-state index in [-0.39, 0.29) is 17.4 Å². The number of carbonyl (C=O) groups excluding carboxylic acids is 1. The maximum Gasteiger partial charge on any atom is 0.271 e. The van der Waals surface area contributed by atoms with Gasteiger partial charge in [-0.25, -0.2) is 4.39 Å². The number of aromatic nitrogens is 1. The molecular weight excluding hydrogens is 473 g/mol. The minimum atomic E-state index is -0.512. The largest absolute Gasteiger partial charge is 0.342 e. The molecule has 9 heteroatoms. The van der Waals surface area contributed by atoms with Gasteiger partial charge in [0.1, 0.15) is 5.82 Å². The summed E-state index contributed by atoms with van der Waals surface area (Å²) in [5.74, 6) is -0.624. The Morgan fingerprint density at radius 2 is 1.82 bits per heavy atom. The molecule has 1 saturated heterocycles. The van der Waals surface area contributed by atoms with Gasteiger partial charge in [0.25, 0.3) is 11.6 Å². The van der Waals surface area contributed by atoms with Crippen LogP contribution < -0.4 is 4.90 Å². The van der Waals surface area contributed by atoms with Gasteiger partial charge in [-0.05, 0) is 24.3 Å². The van der Waals surface area contributed by atoms with E-state index in [4.69, 9.17) is 12.2 Å². The summed E-state index contributed by atoms with van der Waals surface area (Å²) in [6.07, 6.45) is 3.65. The molecule has 168 valence electrons. The number of nitro benzene ring substituents is 1. The first kappa shape index (κ1) is 22.0. The second kappa shape index (κ2) is 8.85. The number of benzene rings is 3. The van der Waals surface area contributed by atoms with Gasteiger partial charge in [0, 0.05) is 40.4 Å². The lowest BCUT2D eigenvalue weighted by Gasteiger charge is -2.13. The van der Waals surface area contributed by atoms with Crippen molar-refractivity contribution in [3.05, 3.63) is 111 Å². The number of carbonyl (C=O) groups is 1. The fourth-order valence-electron chi connectivity index (χ4n) is 3.91. The quantitative estimate of drug-likeness (QED) is 0.146. The molecule has 1 aliphatic rings. The second-order valence-electron chi connectivity index (χ2n) is 7.61. The van der Waals surface area contributed by atoms with Crippen molar-refractivity contribution in [2.75, 3.05) is 4.90 Å². The summed E-state index contributed by atoms with van der Waals surface area (Å²) in [5, 5.41) is 12.1. The number of amides is 1. The molecule has 1 aliphatic heterocycles. The highest BCUT2D eigenvalue weighted by atomic mass is 32.2. The number of hydrogen-bond donors (Lipinski definition) is 0. The van der Waals surface area contributed by atoms with Gasteiger partial charge in [0.2, 0.25) is 0 Å². The van der Waals surface area contributed by atoms with Crippen LogP contribution in [-0.2, 0) is 11.3 Å². The smallest absolute Gasteiger partial charge is 0.271 e. The fourth-order valence-corrected chi connectivity index (χ4v) is 5.20. The minimum absolute atomic E-state index is 0.119. The summed E-state index contributed by atoms with van der Waals surface area (Å²) < 4.78 is 16.5. The van der Waals surface area contributed by atoms with Gasteiger partial charge in [-0.3, -0.25) is 19.8 Å². The third-order valence-corrected chi connectivity index (χ3v) is 6.80. The molecular formula is C25H16FN3O3S2. The van der Waals surface area contributed by atoms with E-state index in [0.29, 0.717) is 27.0 Å². The molecule has 4 aromatic rings. The normalized spacial score (nSPS) is 15.0. The van der Waals surface area contributed by atoms with Crippen molar-refractivity contribution in [2.45, 2.75) is 6.54 Å². The van der Waals surface area contributed by atoms with E-state index in [1.807, 2.05) is 35.0 Å². The van der Waals surface area contributed by atoms with Crippen LogP contribution in [0.5, 0.6) is 0 Å². The average molecular weight is 490 g/mol. The van der Waals surface area contributed by atoms with Gasteiger partial charge >= 0.3 is 0 Å². The highest BCUT2D eigenvalue weighted by Crippen LogP contribution is 2.38. The first-order chi connectivity index (χ1) is 16.4. The van der Waals surface area contributed by atoms with E-state index < -0.39 is 4.92 Å². The number of halogens is 1. The predicted molar refractivity (Wildman–Crippen MR) is 136 cm³/mol.